The van der Waals surface area contributed by atoms with Crippen LogP contribution in [0, 0.1) is 5.82 Å². The van der Waals surface area contributed by atoms with Crippen molar-refractivity contribution in [1.29, 1.82) is 0 Å². The van der Waals surface area contributed by atoms with Crippen molar-refractivity contribution in [2.24, 2.45) is 4.99 Å². The van der Waals surface area contributed by atoms with Crippen LogP contribution in [0.3, 0.4) is 0 Å². The van der Waals surface area contributed by atoms with Crippen LogP contribution in [0.25, 0.3) is 0 Å². The summed E-state index contributed by atoms with van der Waals surface area (Å²) >= 11 is 0. The number of aliphatic imine (C=N–C) groups is 1. The van der Waals surface area contributed by atoms with Crippen molar-refractivity contribution in [2.75, 3.05) is 47.4 Å². The van der Waals surface area contributed by atoms with Crippen LogP contribution < -0.4 is 10.6 Å². The van der Waals surface area contributed by atoms with Crippen molar-refractivity contribution in [3.63, 3.8) is 0 Å². The van der Waals surface area contributed by atoms with Gasteiger partial charge in [0.15, 0.2) is 5.96 Å². The molecule has 0 saturated heterocycles. The predicted octanol–water partition coefficient (Wildman–Crippen LogP) is 2.80. The highest BCUT2D eigenvalue weighted by Gasteiger charge is 2.14. The molecule has 0 aromatic heterocycles. The van der Waals surface area contributed by atoms with Gasteiger partial charge in [-0.2, -0.15) is 0 Å². The van der Waals surface area contributed by atoms with E-state index in [1.807, 2.05) is 26.2 Å². The lowest BCUT2D eigenvalue weighted by molar-refractivity contribution is 0.129. The van der Waals surface area contributed by atoms with Gasteiger partial charge in [0.2, 0.25) is 0 Å². The van der Waals surface area contributed by atoms with E-state index in [1.54, 1.807) is 7.05 Å². The molecule has 0 aliphatic heterocycles. The van der Waals surface area contributed by atoms with Crippen LogP contribution in [-0.4, -0.2) is 58.3 Å². The van der Waals surface area contributed by atoms with Crippen LogP contribution in [0.5, 0.6) is 0 Å². The summed E-state index contributed by atoms with van der Waals surface area (Å²) in [6.07, 6.45) is 3.22. The van der Waals surface area contributed by atoms with Gasteiger partial charge in [-0.25, -0.2) is 4.39 Å². The first-order valence-electron chi connectivity index (χ1n) is 9.02. The van der Waals surface area contributed by atoms with Gasteiger partial charge in [0, 0.05) is 33.4 Å². The van der Waals surface area contributed by atoms with Gasteiger partial charge in [0.25, 0.3) is 0 Å². The molecular formula is C19H33FN4O. The van der Waals surface area contributed by atoms with Crippen LogP contribution in [0.2, 0.25) is 0 Å². The molecule has 1 aromatic rings. The second-order valence-corrected chi connectivity index (χ2v) is 6.23. The number of hydrogen-bond donors (Lipinski definition) is 2. The lowest BCUT2D eigenvalue weighted by Gasteiger charge is -2.26. The number of unbranched alkanes of at least 4 members (excludes halogenated alkanes) is 1. The van der Waals surface area contributed by atoms with E-state index in [2.05, 4.69) is 27.4 Å². The molecule has 0 amide bonds. The summed E-state index contributed by atoms with van der Waals surface area (Å²) in [7, 11) is 5.79. The Morgan fingerprint density at radius 2 is 1.84 bits per heavy atom. The normalized spacial score (nSPS) is 13.1. The van der Waals surface area contributed by atoms with Crippen molar-refractivity contribution in [3.05, 3.63) is 35.6 Å². The quantitative estimate of drug-likeness (QED) is 0.365. The zero-order valence-corrected chi connectivity index (χ0v) is 16.0. The summed E-state index contributed by atoms with van der Waals surface area (Å²) in [5, 5.41) is 6.63. The summed E-state index contributed by atoms with van der Waals surface area (Å²) in [6.45, 7) is 5.26. The molecule has 0 heterocycles. The van der Waals surface area contributed by atoms with Crippen LogP contribution >= 0.6 is 0 Å². The smallest absolute Gasteiger partial charge is 0.191 e. The highest BCUT2D eigenvalue weighted by molar-refractivity contribution is 5.79. The van der Waals surface area contributed by atoms with Gasteiger partial charge >= 0.3 is 0 Å². The van der Waals surface area contributed by atoms with E-state index in [9.17, 15) is 4.39 Å². The standard InChI is InChI=1S/C19H33FN4O/c1-5-6-13-25-14-7-12-22-19(21-2)23-15-18(24(3)4)16-8-10-17(20)11-9-16/h8-11,18H,5-7,12-15H2,1-4H3,(H2,21,22,23). The molecule has 2 N–H and O–H groups in total. The Kier molecular flexibility index (Phi) is 10.8. The SMILES string of the molecule is CCCCOCCCNC(=NC)NCC(c1ccc(F)cc1)N(C)C. The van der Waals surface area contributed by atoms with Gasteiger partial charge in [-0.1, -0.05) is 25.5 Å². The molecule has 0 bridgehead atoms. The molecule has 142 valence electrons. The van der Waals surface area contributed by atoms with E-state index < -0.39 is 0 Å². The number of benzene rings is 1. The largest absolute Gasteiger partial charge is 0.381 e. The maximum atomic E-state index is 13.1. The molecular weight excluding hydrogens is 319 g/mol. The molecule has 1 unspecified atom stereocenters. The Labute approximate surface area is 151 Å². The molecule has 5 nitrogen and oxygen atoms in total. The van der Waals surface area contributed by atoms with Crippen LogP contribution in [-0.2, 0) is 4.74 Å². The van der Waals surface area contributed by atoms with Crippen molar-refractivity contribution >= 4 is 5.96 Å². The number of ether oxygens (including phenoxy) is 1. The first-order chi connectivity index (χ1) is 12.1. The predicted molar refractivity (Wildman–Crippen MR) is 103 cm³/mol. The number of halogens is 1. The molecule has 0 radical (unpaired) electrons. The Balaban J connectivity index is 2.37. The average Bonchev–Trinajstić information content (AvgIpc) is 2.60. The fraction of sp³-hybridized carbons (Fsp3) is 0.632. The van der Waals surface area contributed by atoms with Gasteiger partial charge in [-0.15, -0.1) is 0 Å². The summed E-state index contributed by atoms with van der Waals surface area (Å²) in [6, 6.07) is 6.78. The maximum Gasteiger partial charge on any atom is 0.191 e. The maximum absolute atomic E-state index is 13.1. The molecule has 1 rings (SSSR count). The Bertz CT molecular complexity index is 491. The first-order valence-corrected chi connectivity index (χ1v) is 9.02. The topological polar surface area (TPSA) is 48.9 Å². The van der Waals surface area contributed by atoms with Gasteiger partial charge in [0.05, 0.1) is 6.04 Å². The second-order valence-electron chi connectivity index (χ2n) is 6.23. The summed E-state index contributed by atoms with van der Waals surface area (Å²) in [5.74, 6) is 0.551. The zero-order chi connectivity index (χ0) is 18.5. The van der Waals surface area contributed by atoms with E-state index >= 15 is 0 Å². The number of hydrogen-bond acceptors (Lipinski definition) is 3. The second kappa shape index (κ2) is 12.7. The molecule has 6 heteroatoms. The minimum absolute atomic E-state index is 0.136. The van der Waals surface area contributed by atoms with Crippen molar-refractivity contribution in [2.45, 2.75) is 32.2 Å². The fourth-order valence-corrected chi connectivity index (χ4v) is 2.43. The third kappa shape index (κ3) is 8.84. The number of likely N-dealkylation sites (N-methyl/N-ethyl adjacent to an activating group) is 1. The first kappa shape index (κ1) is 21.4. The van der Waals surface area contributed by atoms with E-state index in [-0.39, 0.29) is 11.9 Å². The monoisotopic (exact) mass is 352 g/mol. The molecule has 0 spiro atoms. The highest BCUT2D eigenvalue weighted by atomic mass is 19.1. The number of nitrogens with one attached hydrogen (secondary N) is 2. The van der Waals surface area contributed by atoms with Crippen LogP contribution in [0.1, 0.15) is 37.8 Å². The summed E-state index contributed by atoms with van der Waals surface area (Å²) in [4.78, 5) is 6.36. The third-order valence-electron chi connectivity index (χ3n) is 3.96. The van der Waals surface area contributed by atoms with Gasteiger partial charge in [0.1, 0.15) is 5.82 Å². The number of rotatable bonds is 11. The Morgan fingerprint density at radius 1 is 1.16 bits per heavy atom. The average molecular weight is 352 g/mol. The fourth-order valence-electron chi connectivity index (χ4n) is 2.43. The van der Waals surface area contributed by atoms with Crippen LogP contribution in [0.15, 0.2) is 29.3 Å². The summed E-state index contributed by atoms with van der Waals surface area (Å²) in [5.41, 5.74) is 1.07. The summed E-state index contributed by atoms with van der Waals surface area (Å²) < 4.78 is 18.7. The van der Waals surface area contributed by atoms with E-state index in [0.29, 0.717) is 6.54 Å². The Morgan fingerprint density at radius 3 is 2.44 bits per heavy atom. The molecule has 0 saturated carbocycles. The molecule has 1 atom stereocenters. The Hall–Kier alpha value is -1.66. The van der Waals surface area contributed by atoms with Crippen LogP contribution in [0.4, 0.5) is 4.39 Å². The van der Waals surface area contributed by atoms with Crippen molar-refractivity contribution < 1.29 is 9.13 Å². The van der Waals surface area contributed by atoms with Gasteiger partial charge in [-0.05, 0) is 44.6 Å². The lowest BCUT2D eigenvalue weighted by atomic mass is 10.1. The molecule has 25 heavy (non-hydrogen) atoms. The number of guanidine groups is 1. The molecule has 0 aliphatic rings. The molecule has 0 fully saturated rings. The minimum Gasteiger partial charge on any atom is -0.381 e. The van der Waals surface area contributed by atoms with Gasteiger partial charge < -0.3 is 20.3 Å². The molecule has 1 aromatic carbocycles. The lowest BCUT2D eigenvalue weighted by Crippen LogP contribution is -2.42. The van der Waals surface area contributed by atoms with E-state index in [0.717, 1.165) is 50.5 Å². The van der Waals surface area contributed by atoms with Crippen molar-refractivity contribution in [3.8, 4) is 0 Å². The van der Waals surface area contributed by atoms with E-state index in [4.69, 9.17) is 4.74 Å². The van der Waals surface area contributed by atoms with E-state index in [1.165, 1.54) is 12.1 Å². The highest BCUT2D eigenvalue weighted by Crippen LogP contribution is 2.17. The van der Waals surface area contributed by atoms with Crippen molar-refractivity contribution in [1.82, 2.24) is 15.5 Å². The number of nitrogens with zero attached hydrogens (tertiary/aromatic N) is 2. The van der Waals surface area contributed by atoms with Gasteiger partial charge in [-0.3, -0.25) is 4.99 Å². The minimum atomic E-state index is -0.215. The third-order valence-corrected chi connectivity index (χ3v) is 3.96. The molecule has 0 aliphatic carbocycles. The zero-order valence-electron chi connectivity index (χ0n) is 16.0.